The van der Waals surface area contributed by atoms with Gasteiger partial charge in [-0.1, -0.05) is 36.4 Å². The summed E-state index contributed by atoms with van der Waals surface area (Å²) in [6.45, 7) is 0. The van der Waals surface area contributed by atoms with Crippen LogP contribution < -0.4 is 0 Å². The fourth-order valence-electron chi connectivity index (χ4n) is 1.72. The van der Waals surface area contributed by atoms with Gasteiger partial charge in [0.25, 0.3) is 0 Å². The van der Waals surface area contributed by atoms with Gasteiger partial charge >= 0.3 is 44.1 Å². The predicted octanol–water partition coefficient (Wildman–Crippen LogP) is 2.68. The average molecular weight is 704 g/mol. The van der Waals surface area contributed by atoms with E-state index in [2.05, 4.69) is 16.6 Å². The van der Waals surface area contributed by atoms with Crippen LogP contribution in [0.4, 0.5) is 0 Å². The molecule has 0 bridgehead atoms. The maximum Gasteiger partial charge on any atom is 0.719 e. The van der Waals surface area contributed by atoms with E-state index in [9.17, 15) is 40.3 Å². The zero-order valence-electron chi connectivity index (χ0n) is 15.3. The molecule has 2 atom stereocenters. The first kappa shape index (κ1) is 32.4. The Morgan fingerprint density at radius 3 is 1.22 bits per heavy atom. The zero-order valence-corrected chi connectivity index (χ0v) is 24.5. The predicted molar refractivity (Wildman–Crippen MR) is 98.9 cm³/mol. The molecule has 0 aliphatic carbocycles. The molecule has 2 aromatic carbocycles. The number of hydrogen-bond donors (Lipinski definition) is 2. The van der Waals surface area contributed by atoms with Gasteiger partial charge in [-0.05, 0) is 32.9 Å². The summed E-state index contributed by atoms with van der Waals surface area (Å²) in [7, 11) is -25.1. The molecule has 0 fully saturated rings. The summed E-state index contributed by atoms with van der Waals surface area (Å²) in [6.07, 6.45) is 0. The molecule has 0 aromatic heterocycles. The molecule has 32 heavy (non-hydrogen) atoms. The molecular weight excluding hydrogens is 692 g/mol. The molecule has 0 heterocycles. The van der Waals surface area contributed by atoms with Gasteiger partial charge in [-0.25, -0.2) is 9.13 Å². The molecule has 2 rings (SSSR count). The molecule has 20 heteroatoms. The molecule has 0 aliphatic heterocycles. The van der Waals surface area contributed by atoms with Crippen LogP contribution in [0.2, 0.25) is 0 Å². The number of hydrogen-bond acceptors (Lipinski definition) is 11. The second kappa shape index (κ2) is 12.9. The van der Waals surface area contributed by atoms with Crippen LogP contribution >= 0.6 is 23.9 Å². The van der Waals surface area contributed by atoms with Gasteiger partial charge in [-0.3, -0.25) is 9.79 Å². The minimum Gasteiger partial charge on any atom is -0.299 e. The van der Waals surface area contributed by atoms with Crippen molar-refractivity contribution >= 4 is 44.1 Å². The summed E-state index contributed by atoms with van der Waals surface area (Å²) in [5.74, 6) is 0. The minimum absolute atomic E-state index is 0. The fourth-order valence-corrected chi connectivity index (χ4v) is 7.82. The summed E-state index contributed by atoms with van der Waals surface area (Å²) < 4.78 is 98.2. The Bertz CT molecular complexity index is 1130. The smallest absolute Gasteiger partial charge is 0.299 e. The molecular formula is C12H12O13P3S2Zr2+. The Morgan fingerprint density at radius 2 is 0.938 bits per heavy atom. The topological polar surface area (TPSA) is 197 Å². The first-order valence-electron chi connectivity index (χ1n) is 7.27. The van der Waals surface area contributed by atoms with Crippen LogP contribution in [0.5, 0.6) is 0 Å². The largest absolute Gasteiger partial charge is 0.719 e. The van der Waals surface area contributed by atoms with Crippen LogP contribution in [-0.4, -0.2) is 26.6 Å². The average Bonchev–Trinajstić information content (AvgIpc) is 2.60. The van der Waals surface area contributed by atoms with E-state index in [1.165, 1.54) is 36.4 Å². The molecule has 2 unspecified atom stereocenters. The Hall–Kier alpha value is 0.426. The van der Waals surface area contributed by atoms with E-state index in [1.54, 1.807) is 0 Å². The van der Waals surface area contributed by atoms with Gasteiger partial charge in [0.1, 0.15) is 0 Å². The molecule has 0 aliphatic rings. The Labute approximate surface area is 222 Å². The third kappa shape index (κ3) is 10.4. The van der Waals surface area contributed by atoms with Crippen molar-refractivity contribution in [2.45, 2.75) is 9.79 Å². The monoisotopic (exact) mass is 701 g/mol. The van der Waals surface area contributed by atoms with Gasteiger partial charge in [0, 0.05) is 57.0 Å². The van der Waals surface area contributed by atoms with Gasteiger partial charge in [0.15, 0.2) is 0 Å². The van der Waals surface area contributed by atoms with E-state index in [4.69, 9.17) is 0 Å². The van der Waals surface area contributed by atoms with Gasteiger partial charge in [0.05, 0.1) is 9.79 Å². The van der Waals surface area contributed by atoms with E-state index >= 15 is 0 Å². The first-order valence-corrected chi connectivity index (χ1v) is 14.2. The normalized spacial score (nSPS) is 15.9. The summed E-state index contributed by atoms with van der Waals surface area (Å²) in [5, 5.41) is 0. The van der Waals surface area contributed by atoms with E-state index in [0.717, 1.165) is 24.3 Å². The van der Waals surface area contributed by atoms with Gasteiger partial charge < -0.3 is 0 Å². The van der Waals surface area contributed by atoms with Crippen molar-refractivity contribution in [3.8, 4) is 0 Å². The molecule has 2 N–H and O–H groups in total. The van der Waals surface area contributed by atoms with Crippen molar-refractivity contribution in [2.24, 2.45) is 0 Å². The van der Waals surface area contributed by atoms with E-state index < -0.39 is 53.9 Å². The van der Waals surface area contributed by atoms with Gasteiger partial charge in [0.2, 0.25) is 0 Å². The third-order valence-electron chi connectivity index (χ3n) is 2.79. The Kier molecular flexibility index (Phi) is 13.1. The first-order chi connectivity index (χ1) is 13.7. The number of phosphoric acid groups is 2. The summed E-state index contributed by atoms with van der Waals surface area (Å²) >= 11 is 0. The van der Waals surface area contributed by atoms with E-state index in [0.29, 0.717) is 0 Å². The minimum atomic E-state index is -5.66. The number of rotatable bonds is 10. The molecule has 0 spiro atoms. The second-order valence-electron chi connectivity index (χ2n) is 5.01. The van der Waals surface area contributed by atoms with Crippen LogP contribution in [0.1, 0.15) is 0 Å². The van der Waals surface area contributed by atoms with Crippen molar-refractivity contribution in [1.82, 2.24) is 0 Å². The SMILES string of the molecule is O=[P+](OP(=O)(O)OS(=O)(=O)c1ccccc1)OP(=O)(O)OS(=O)(=O)c1ccccc1.[Zr].[Zr]. The van der Waals surface area contributed by atoms with Crippen molar-refractivity contribution in [3.63, 3.8) is 0 Å². The van der Waals surface area contributed by atoms with Crippen LogP contribution in [0.25, 0.3) is 0 Å². The van der Waals surface area contributed by atoms with Crippen LogP contribution in [0.15, 0.2) is 70.5 Å². The van der Waals surface area contributed by atoms with Gasteiger partial charge in [-0.2, -0.15) is 24.8 Å². The van der Waals surface area contributed by atoms with Crippen LogP contribution in [0.3, 0.4) is 0 Å². The summed E-state index contributed by atoms with van der Waals surface area (Å²) in [6, 6.07) is 12.0. The molecule has 0 saturated heterocycles. The van der Waals surface area contributed by atoms with Crippen LogP contribution in [0, 0.1) is 0 Å². The Morgan fingerprint density at radius 1 is 0.656 bits per heavy atom. The molecule has 0 amide bonds. The third-order valence-corrected chi connectivity index (χ3v) is 10.3. The maximum absolute atomic E-state index is 11.9. The Balaban J connectivity index is 0.00000480. The van der Waals surface area contributed by atoms with E-state index in [1.807, 2.05) is 0 Å². The van der Waals surface area contributed by atoms with Gasteiger partial charge in [-0.15, -0.1) is 0 Å². The standard InChI is InChI=1S/C12H11O13P3S2.2Zr/c13-26(22-27(14,15)24-29(18,19)11-7-3-1-4-8-11)23-28(16,17)25-30(20,21)12-9-5-2-6-10-12;;/h1-10H,(H-,14,15,16,17);;/p+1. The zero-order chi connectivity index (χ0) is 22.6. The second-order valence-corrected chi connectivity index (χ2v) is 12.6. The maximum atomic E-state index is 11.9. The molecule has 0 radical (unpaired) electrons. The molecule has 2 aromatic rings. The summed E-state index contributed by atoms with van der Waals surface area (Å²) in [5.41, 5.74) is 0. The molecule has 13 nitrogen and oxygen atoms in total. The van der Waals surface area contributed by atoms with Crippen molar-refractivity contribution in [2.75, 3.05) is 0 Å². The number of benzene rings is 2. The van der Waals surface area contributed by atoms with Crippen molar-refractivity contribution < 1.29 is 109 Å². The fraction of sp³-hybridized carbons (Fsp3) is 0. The quantitative estimate of drug-likeness (QED) is 0.343. The molecule has 0 saturated carbocycles. The van der Waals surface area contributed by atoms with E-state index in [-0.39, 0.29) is 52.4 Å². The van der Waals surface area contributed by atoms with Crippen molar-refractivity contribution in [1.29, 1.82) is 0 Å². The summed E-state index contributed by atoms with van der Waals surface area (Å²) in [4.78, 5) is 17.8. The molecule has 172 valence electrons. The van der Waals surface area contributed by atoms with Crippen molar-refractivity contribution in [3.05, 3.63) is 60.7 Å². The van der Waals surface area contributed by atoms with Crippen LogP contribution in [-0.2, 0) is 103 Å².